The molecule has 0 unspecified atom stereocenters. The van der Waals surface area contributed by atoms with Gasteiger partial charge in [0.05, 0.1) is 10.7 Å². The molecule has 2 aromatic carbocycles. The summed E-state index contributed by atoms with van der Waals surface area (Å²) in [7, 11) is 0. The van der Waals surface area contributed by atoms with Gasteiger partial charge < -0.3 is 10.6 Å². The number of nitrogens with two attached hydrogens (primary N) is 1. The maximum absolute atomic E-state index is 6.50. The van der Waals surface area contributed by atoms with Gasteiger partial charge in [-0.15, -0.1) is 0 Å². The van der Waals surface area contributed by atoms with Crippen LogP contribution in [0.3, 0.4) is 0 Å². The van der Waals surface area contributed by atoms with Crippen LogP contribution in [0, 0.1) is 0 Å². The van der Waals surface area contributed by atoms with Gasteiger partial charge in [-0.2, -0.15) is 0 Å². The summed E-state index contributed by atoms with van der Waals surface area (Å²) in [5, 5.41) is 0.834. The van der Waals surface area contributed by atoms with Crippen molar-refractivity contribution in [3.63, 3.8) is 0 Å². The lowest BCUT2D eigenvalue weighted by Gasteiger charge is -2.27. The second-order valence-electron chi connectivity index (χ2n) is 5.58. The molecular formula is C18H21ClN2. The average Bonchev–Trinajstić information content (AvgIpc) is 2.70. The molecule has 0 aliphatic carbocycles. The minimum Gasteiger partial charge on any atom is -0.366 e. The Morgan fingerprint density at radius 1 is 1.05 bits per heavy atom. The van der Waals surface area contributed by atoms with Crippen molar-refractivity contribution in [2.45, 2.75) is 25.8 Å². The Labute approximate surface area is 131 Å². The van der Waals surface area contributed by atoms with Crippen molar-refractivity contribution < 1.29 is 0 Å². The Balaban J connectivity index is 1.97. The number of para-hydroxylation sites is 1. The van der Waals surface area contributed by atoms with E-state index < -0.39 is 0 Å². The second kappa shape index (κ2) is 6.50. The first-order valence-corrected chi connectivity index (χ1v) is 7.96. The Hall–Kier alpha value is -1.51. The van der Waals surface area contributed by atoms with E-state index in [1.54, 1.807) is 0 Å². The van der Waals surface area contributed by atoms with Crippen molar-refractivity contribution in [1.29, 1.82) is 0 Å². The lowest BCUT2D eigenvalue weighted by atomic mass is 10.0. The zero-order valence-electron chi connectivity index (χ0n) is 12.2. The molecular weight excluding hydrogens is 280 g/mol. The Morgan fingerprint density at radius 3 is 2.67 bits per heavy atom. The fourth-order valence-electron chi connectivity index (χ4n) is 3.16. The van der Waals surface area contributed by atoms with Gasteiger partial charge in [0.2, 0.25) is 0 Å². The van der Waals surface area contributed by atoms with E-state index in [4.69, 9.17) is 17.3 Å². The van der Waals surface area contributed by atoms with E-state index in [0.29, 0.717) is 6.54 Å². The first-order valence-electron chi connectivity index (χ1n) is 7.59. The molecule has 110 valence electrons. The summed E-state index contributed by atoms with van der Waals surface area (Å²) in [5.41, 5.74) is 11.1. The van der Waals surface area contributed by atoms with Crippen molar-refractivity contribution in [3.8, 4) is 0 Å². The normalized spacial score (nSPS) is 14.7. The van der Waals surface area contributed by atoms with Crippen molar-refractivity contribution in [1.82, 2.24) is 0 Å². The van der Waals surface area contributed by atoms with E-state index in [9.17, 15) is 0 Å². The fraction of sp³-hybridized carbons (Fsp3) is 0.333. The van der Waals surface area contributed by atoms with Crippen LogP contribution in [-0.4, -0.2) is 13.1 Å². The van der Waals surface area contributed by atoms with Crippen LogP contribution in [0.15, 0.2) is 42.5 Å². The van der Waals surface area contributed by atoms with Gasteiger partial charge in [0.25, 0.3) is 0 Å². The van der Waals surface area contributed by atoms with Crippen LogP contribution < -0.4 is 10.6 Å². The number of nitrogens with zero attached hydrogens (tertiary/aromatic N) is 1. The number of aryl methyl sites for hydroxylation is 1. The molecule has 0 saturated heterocycles. The molecule has 0 bridgehead atoms. The molecule has 1 aliphatic heterocycles. The predicted molar refractivity (Wildman–Crippen MR) is 90.0 cm³/mol. The third kappa shape index (κ3) is 3.07. The maximum Gasteiger partial charge on any atom is 0.0642 e. The average molecular weight is 301 g/mol. The van der Waals surface area contributed by atoms with Gasteiger partial charge in [-0.05, 0) is 48.6 Å². The van der Waals surface area contributed by atoms with Gasteiger partial charge in [-0.3, -0.25) is 0 Å². The van der Waals surface area contributed by atoms with E-state index in [0.717, 1.165) is 37.4 Å². The third-order valence-corrected chi connectivity index (χ3v) is 4.46. The second-order valence-corrected chi connectivity index (χ2v) is 5.99. The summed E-state index contributed by atoms with van der Waals surface area (Å²) in [6.45, 7) is 2.62. The number of hydrogen-bond acceptors (Lipinski definition) is 2. The molecule has 21 heavy (non-hydrogen) atoms. The molecule has 0 radical (unpaired) electrons. The summed E-state index contributed by atoms with van der Waals surface area (Å²) < 4.78 is 0. The van der Waals surface area contributed by atoms with Gasteiger partial charge >= 0.3 is 0 Å². The van der Waals surface area contributed by atoms with E-state index in [-0.39, 0.29) is 0 Å². The summed E-state index contributed by atoms with van der Waals surface area (Å²) >= 11 is 6.50. The number of benzene rings is 2. The monoisotopic (exact) mass is 300 g/mol. The SMILES string of the molecule is NCCc1cccc(Cl)c1N1CCCc2ccccc2C1. The molecule has 0 fully saturated rings. The van der Waals surface area contributed by atoms with Crippen molar-refractivity contribution >= 4 is 17.3 Å². The highest BCUT2D eigenvalue weighted by Crippen LogP contribution is 2.33. The van der Waals surface area contributed by atoms with E-state index in [1.165, 1.54) is 22.4 Å². The lowest BCUT2D eigenvalue weighted by Crippen LogP contribution is -2.24. The maximum atomic E-state index is 6.50. The van der Waals surface area contributed by atoms with Crippen LogP contribution in [-0.2, 0) is 19.4 Å². The smallest absolute Gasteiger partial charge is 0.0642 e. The van der Waals surface area contributed by atoms with Crippen LogP contribution in [0.1, 0.15) is 23.1 Å². The lowest BCUT2D eigenvalue weighted by molar-refractivity contribution is 0.759. The van der Waals surface area contributed by atoms with Crippen LogP contribution >= 0.6 is 11.6 Å². The number of fused-ring (bicyclic) bond motifs is 1. The van der Waals surface area contributed by atoms with Gasteiger partial charge in [-0.25, -0.2) is 0 Å². The summed E-state index contributed by atoms with van der Waals surface area (Å²) in [6.07, 6.45) is 3.17. The first kappa shape index (κ1) is 14.4. The largest absolute Gasteiger partial charge is 0.366 e. The molecule has 2 aromatic rings. The van der Waals surface area contributed by atoms with Crippen LogP contribution in [0.5, 0.6) is 0 Å². The van der Waals surface area contributed by atoms with Crippen molar-refractivity contribution in [3.05, 3.63) is 64.2 Å². The highest BCUT2D eigenvalue weighted by molar-refractivity contribution is 6.33. The fourth-order valence-corrected chi connectivity index (χ4v) is 3.48. The minimum atomic E-state index is 0.651. The number of rotatable bonds is 3. The summed E-state index contributed by atoms with van der Waals surface area (Å²) in [5.74, 6) is 0. The van der Waals surface area contributed by atoms with Crippen molar-refractivity contribution in [2.24, 2.45) is 5.73 Å². The zero-order chi connectivity index (χ0) is 14.7. The Kier molecular flexibility index (Phi) is 4.47. The molecule has 3 rings (SSSR count). The molecule has 0 saturated carbocycles. The van der Waals surface area contributed by atoms with Gasteiger partial charge in [-0.1, -0.05) is 48.0 Å². The minimum absolute atomic E-state index is 0.651. The molecule has 1 aliphatic rings. The Morgan fingerprint density at radius 2 is 1.86 bits per heavy atom. The quantitative estimate of drug-likeness (QED) is 0.934. The third-order valence-electron chi connectivity index (χ3n) is 4.15. The summed E-state index contributed by atoms with van der Waals surface area (Å²) in [6, 6.07) is 14.9. The van der Waals surface area contributed by atoms with Crippen LogP contribution in [0.4, 0.5) is 5.69 Å². The van der Waals surface area contributed by atoms with Gasteiger partial charge in [0, 0.05) is 13.1 Å². The highest BCUT2D eigenvalue weighted by atomic mass is 35.5. The predicted octanol–water partition coefficient (Wildman–Crippen LogP) is 3.79. The highest BCUT2D eigenvalue weighted by Gasteiger charge is 2.18. The number of halogens is 1. The number of anilines is 1. The molecule has 0 spiro atoms. The molecule has 2 nitrogen and oxygen atoms in total. The molecule has 0 atom stereocenters. The van der Waals surface area contributed by atoms with E-state index in [2.05, 4.69) is 35.2 Å². The first-order chi connectivity index (χ1) is 10.3. The molecule has 0 aromatic heterocycles. The molecule has 3 heteroatoms. The zero-order valence-corrected chi connectivity index (χ0v) is 12.9. The Bertz CT molecular complexity index is 624. The van der Waals surface area contributed by atoms with E-state index >= 15 is 0 Å². The summed E-state index contributed by atoms with van der Waals surface area (Å²) in [4.78, 5) is 2.42. The van der Waals surface area contributed by atoms with Crippen LogP contribution in [0.25, 0.3) is 0 Å². The van der Waals surface area contributed by atoms with Crippen LogP contribution in [0.2, 0.25) is 5.02 Å². The molecule has 1 heterocycles. The van der Waals surface area contributed by atoms with Gasteiger partial charge in [0.15, 0.2) is 0 Å². The van der Waals surface area contributed by atoms with E-state index in [1.807, 2.05) is 12.1 Å². The standard InChI is InChI=1S/C18H21ClN2/c19-17-9-3-7-15(10-11-20)18(17)21-12-4-8-14-5-1-2-6-16(14)13-21/h1-3,5-7,9H,4,8,10-13,20H2. The molecule has 0 amide bonds. The number of hydrogen-bond donors (Lipinski definition) is 1. The topological polar surface area (TPSA) is 29.3 Å². The molecule has 2 N–H and O–H groups in total. The van der Waals surface area contributed by atoms with Crippen molar-refractivity contribution in [2.75, 3.05) is 18.0 Å². The van der Waals surface area contributed by atoms with Gasteiger partial charge in [0.1, 0.15) is 0 Å².